The topological polar surface area (TPSA) is 61.8 Å². The van der Waals surface area contributed by atoms with Crippen LogP contribution in [0.5, 0.6) is 0 Å². The summed E-state index contributed by atoms with van der Waals surface area (Å²) in [4.78, 5) is 12.0. The lowest BCUT2D eigenvalue weighted by molar-refractivity contribution is -0.202. The van der Waals surface area contributed by atoms with Crippen LogP contribution in [0, 0.1) is 22.7 Å². The maximum Gasteiger partial charge on any atom is 0.335 e. The lowest BCUT2D eigenvalue weighted by Crippen LogP contribution is -2.65. The number of carbonyl (C=O) groups excluding carboxylic acids is 1. The second kappa shape index (κ2) is 7.03. The van der Waals surface area contributed by atoms with E-state index in [1.807, 2.05) is 0 Å². The molecule has 7 heteroatoms. The minimum absolute atomic E-state index is 0.0252. The molecule has 2 aliphatic carbocycles. The van der Waals surface area contributed by atoms with Gasteiger partial charge in [-0.25, -0.2) is 4.79 Å². The van der Waals surface area contributed by atoms with Gasteiger partial charge in [0.2, 0.25) is 0 Å². The van der Waals surface area contributed by atoms with E-state index in [9.17, 15) is 9.00 Å². The van der Waals surface area contributed by atoms with Crippen molar-refractivity contribution in [3.05, 3.63) is 23.8 Å². The van der Waals surface area contributed by atoms with Gasteiger partial charge in [0, 0.05) is 5.41 Å². The van der Waals surface area contributed by atoms with E-state index in [1.165, 1.54) is 5.57 Å². The first-order valence-electron chi connectivity index (χ1n) is 10.0. The number of ether oxygens (including phenoxy) is 1. The van der Waals surface area contributed by atoms with Gasteiger partial charge in [0.15, 0.2) is 0 Å². The molecular formula is C21H29BrO5S. The van der Waals surface area contributed by atoms with Gasteiger partial charge < -0.3 is 4.74 Å². The summed E-state index contributed by atoms with van der Waals surface area (Å²) in [6.07, 6.45) is 6.67. The molecule has 4 aliphatic rings. The molecule has 2 aliphatic heterocycles. The lowest BCUT2D eigenvalue weighted by atomic mass is 9.43. The van der Waals surface area contributed by atoms with Crippen LogP contribution in [0.1, 0.15) is 52.9 Å². The molecule has 2 saturated heterocycles. The Hall–Kier alpha value is -0.500. The average molecular weight is 473 g/mol. The van der Waals surface area contributed by atoms with Crippen molar-refractivity contribution in [3.63, 3.8) is 0 Å². The number of cyclic esters (lactones) is 1. The molecule has 156 valence electrons. The molecule has 0 aromatic heterocycles. The second-order valence-electron chi connectivity index (χ2n) is 9.47. The molecule has 2 heterocycles. The number of esters is 1. The maximum atomic E-state index is 12.0. The molecule has 0 amide bonds. The highest BCUT2D eigenvalue weighted by Gasteiger charge is 2.65. The smallest absolute Gasteiger partial charge is 0.335 e. The number of allylic oxidation sites excluding steroid dienone is 2. The van der Waals surface area contributed by atoms with Crippen molar-refractivity contribution in [2.45, 2.75) is 63.3 Å². The molecule has 0 aromatic carbocycles. The van der Waals surface area contributed by atoms with Gasteiger partial charge in [-0.05, 0) is 56.3 Å². The number of hydrogen-bond donors (Lipinski definition) is 0. The van der Waals surface area contributed by atoms with Gasteiger partial charge in [-0.15, -0.1) is 0 Å². The quantitative estimate of drug-likeness (QED) is 0.258. The van der Waals surface area contributed by atoms with E-state index in [-0.39, 0.29) is 21.6 Å². The van der Waals surface area contributed by atoms with Crippen molar-refractivity contribution in [1.82, 2.24) is 0 Å². The van der Waals surface area contributed by atoms with Crippen LogP contribution in [0.4, 0.5) is 0 Å². The molecule has 2 unspecified atom stereocenters. The highest BCUT2D eigenvalue weighted by atomic mass is 79.9. The van der Waals surface area contributed by atoms with Crippen LogP contribution >= 0.6 is 15.9 Å². The van der Waals surface area contributed by atoms with Gasteiger partial charge in [0.05, 0.1) is 22.6 Å². The van der Waals surface area contributed by atoms with Crippen LogP contribution in [0.25, 0.3) is 0 Å². The number of carbonyl (C=O) groups is 1. The van der Waals surface area contributed by atoms with Gasteiger partial charge in [0.1, 0.15) is 6.61 Å². The van der Waals surface area contributed by atoms with Crippen LogP contribution in [0.3, 0.4) is 0 Å². The summed E-state index contributed by atoms with van der Waals surface area (Å²) < 4.78 is 28.4. The SMILES string of the molecule is C=C1CC[C@H]2[C@@](C)(CC[C@@]3(C)OS(=O)OC[C@@]23C)[C@@H]1C/C=C1/C(=O)OCC1Br. The summed E-state index contributed by atoms with van der Waals surface area (Å²) in [5.41, 5.74) is 1.38. The standard InChI is InChI=1S/C21H29BrO5S/c1-13-5-8-17-19(2,15(13)7-6-14-16(22)11-25-18(14)23)9-10-21(4)20(17,3)12-26-28(24)27-21/h6,15-17H,1,5,7-12H2,2-4H3/b14-6+/t15-,16?,17+,19+,20+,21-,28?/m1/s1. The molecule has 4 rings (SSSR count). The summed E-state index contributed by atoms with van der Waals surface area (Å²) in [5, 5.41) is 0. The third kappa shape index (κ3) is 2.99. The van der Waals surface area contributed by atoms with E-state index in [4.69, 9.17) is 13.1 Å². The number of rotatable bonds is 2. The normalized spacial score (nSPS) is 50.2. The van der Waals surface area contributed by atoms with Crippen molar-refractivity contribution < 1.29 is 22.1 Å². The summed E-state index contributed by atoms with van der Waals surface area (Å²) >= 11 is 1.87. The Morgan fingerprint density at radius 3 is 2.75 bits per heavy atom. The highest BCUT2D eigenvalue weighted by molar-refractivity contribution is 9.09. The monoisotopic (exact) mass is 472 g/mol. The Morgan fingerprint density at radius 1 is 1.32 bits per heavy atom. The lowest BCUT2D eigenvalue weighted by Gasteiger charge is -2.64. The fourth-order valence-corrected chi connectivity index (χ4v) is 7.65. The molecular weight excluding hydrogens is 444 g/mol. The zero-order valence-electron chi connectivity index (χ0n) is 16.8. The molecule has 0 aromatic rings. The first-order chi connectivity index (χ1) is 13.1. The van der Waals surface area contributed by atoms with E-state index >= 15 is 0 Å². The van der Waals surface area contributed by atoms with Crippen LogP contribution < -0.4 is 0 Å². The van der Waals surface area contributed by atoms with Gasteiger partial charge in [0.25, 0.3) is 0 Å². The zero-order chi connectivity index (χ0) is 20.3. The van der Waals surface area contributed by atoms with Crippen LogP contribution in [-0.2, 0) is 29.3 Å². The fraction of sp³-hybridized carbons (Fsp3) is 0.762. The third-order valence-electron chi connectivity index (χ3n) is 8.17. The zero-order valence-corrected chi connectivity index (χ0v) is 19.2. The summed E-state index contributed by atoms with van der Waals surface area (Å²) in [5.74, 6) is 0.450. The minimum atomic E-state index is -1.66. The molecule has 0 bridgehead atoms. The Balaban J connectivity index is 1.65. The molecule has 0 spiro atoms. The Labute approximate surface area is 178 Å². The van der Waals surface area contributed by atoms with Gasteiger partial charge in [-0.1, -0.05) is 48.0 Å². The van der Waals surface area contributed by atoms with E-state index in [0.29, 0.717) is 25.0 Å². The number of halogens is 1. The predicted octanol–water partition coefficient (Wildman–Crippen LogP) is 4.40. The number of alkyl halides is 1. The van der Waals surface area contributed by atoms with Crippen LogP contribution in [0.15, 0.2) is 23.8 Å². The summed E-state index contributed by atoms with van der Waals surface area (Å²) in [6, 6.07) is 0. The average Bonchev–Trinajstić information content (AvgIpc) is 2.94. The molecule has 0 N–H and O–H groups in total. The molecule has 7 atom stereocenters. The van der Waals surface area contributed by atoms with Gasteiger partial charge >= 0.3 is 17.3 Å². The van der Waals surface area contributed by atoms with E-state index in [1.54, 1.807) is 0 Å². The summed E-state index contributed by atoms with van der Waals surface area (Å²) in [7, 11) is 0. The van der Waals surface area contributed by atoms with Crippen LogP contribution in [0.2, 0.25) is 0 Å². The van der Waals surface area contributed by atoms with Crippen molar-refractivity contribution in [2.24, 2.45) is 22.7 Å². The molecule has 28 heavy (non-hydrogen) atoms. The molecule has 5 nitrogen and oxygen atoms in total. The first-order valence-corrected chi connectivity index (χ1v) is 12.0. The maximum absolute atomic E-state index is 12.0. The number of fused-ring (bicyclic) bond motifs is 3. The van der Waals surface area contributed by atoms with Gasteiger partial charge in [-0.2, -0.15) is 4.21 Å². The van der Waals surface area contributed by atoms with Crippen molar-refractivity contribution in [1.29, 1.82) is 0 Å². The largest absolute Gasteiger partial charge is 0.461 e. The van der Waals surface area contributed by atoms with Crippen molar-refractivity contribution in [3.8, 4) is 0 Å². The van der Waals surface area contributed by atoms with Gasteiger partial charge in [-0.3, -0.25) is 8.37 Å². The Bertz CT molecular complexity index is 766. The van der Waals surface area contributed by atoms with E-state index in [2.05, 4.69) is 49.4 Å². The summed E-state index contributed by atoms with van der Waals surface area (Å²) in [6.45, 7) is 11.9. The second-order valence-corrected chi connectivity index (χ2v) is 11.4. The fourth-order valence-electron chi connectivity index (χ4n) is 6.18. The van der Waals surface area contributed by atoms with Crippen molar-refractivity contribution >= 4 is 33.3 Å². The first kappa shape index (κ1) is 20.8. The Kier molecular flexibility index (Phi) is 5.21. The Morgan fingerprint density at radius 2 is 2.07 bits per heavy atom. The van der Waals surface area contributed by atoms with Crippen molar-refractivity contribution in [2.75, 3.05) is 13.2 Å². The molecule has 2 saturated carbocycles. The third-order valence-corrected chi connectivity index (χ3v) is 9.74. The van der Waals surface area contributed by atoms with E-state index in [0.717, 1.165) is 37.7 Å². The molecule has 0 radical (unpaired) electrons. The highest BCUT2D eigenvalue weighted by Crippen LogP contribution is 2.66. The van der Waals surface area contributed by atoms with Crippen LogP contribution in [-0.4, -0.2) is 33.8 Å². The predicted molar refractivity (Wildman–Crippen MR) is 111 cm³/mol. The minimum Gasteiger partial charge on any atom is -0.461 e. The molecule has 4 fully saturated rings. The van der Waals surface area contributed by atoms with E-state index < -0.39 is 17.0 Å². The number of hydrogen-bond acceptors (Lipinski definition) is 5.